The summed E-state index contributed by atoms with van der Waals surface area (Å²) in [6.45, 7) is 11.8. The average molecular weight is 466 g/mol. The van der Waals surface area contributed by atoms with E-state index < -0.39 is 0 Å². The molecule has 34 heavy (non-hydrogen) atoms. The molecular weight excluding hydrogens is 434 g/mol. The molecule has 0 N–H and O–H groups in total. The number of allylic oxidation sites excluding steroid dienone is 4. The monoisotopic (exact) mass is 465 g/mol. The SMILES string of the molecule is C=C(SCC1=CCCC=C1)C(C(=C)N(Cc1ccc(C)nc1)c1ccccn1)c1ccccc1. The molecule has 1 aliphatic rings. The van der Waals surface area contributed by atoms with E-state index in [9.17, 15) is 0 Å². The Bertz CT molecular complexity index is 1160. The Morgan fingerprint density at radius 3 is 2.50 bits per heavy atom. The Balaban J connectivity index is 1.64. The smallest absolute Gasteiger partial charge is 0.132 e. The second-order valence-corrected chi connectivity index (χ2v) is 9.53. The van der Waals surface area contributed by atoms with Gasteiger partial charge in [0.1, 0.15) is 5.82 Å². The van der Waals surface area contributed by atoms with Crippen LogP contribution in [-0.2, 0) is 6.54 Å². The maximum Gasteiger partial charge on any atom is 0.132 e. The van der Waals surface area contributed by atoms with Crippen molar-refractivity contribution in [1.82, 2.24) is 9.97 Å². The van der Waals surface area contributed by atoms with Gasteiger partial charge < -0.3 is 4.90 Å². The predicted octanol–water partition coefficient (Wildman–Crippen LogP) is 7.61. The van der Waals surface area contributed by atoms with Crippen LogP contribution in [0.4, 0.5) is 5.82 Å². The molecule has 1 atom stereocenters. The van der Waals surface area contributed by atoms with Gasteiger partial charge in [-0.25, -0.2) is 4.98 Å². The third-order valence-electron chi connectivity index (χ3n) is 5.87. The van der Waals surface area contributed by atoms with Crippen molar-refractivity contribution in [3.63, 3.8) is 0 Å². The van der Waals surface area contributed by atoms with Crippen molar-refractivity contribution in [2.75, 3.05) is 10.7 Å². The molecule has 0 spiro atoms. The Hall–Kier alpha value is -3.37. The van der Waals surface area contributed by atoms with E-state index in [0.29, 0.717) is 6.54 Å². The van der Waals surface area contributed by atoms with Crippen LogP contribution in [0, 0.1) is 6.92 Å². The third kappa shape index (κ3) is 6.15. The highest BCUT2D eigenvalue weighted by molar-refractivity contribution is 8.03. The first-order chi connectivity index (χ1) is 16.6. The van der Waals surface area contributed by atoms with E-state index in [1.165, 1.54) is 11.1 Å². The highest BCUT2D eigenvalue weighted by Gasteiger charge is 2.25. The van der Waals surface area contributed by atoms with Gasteiger partial charge >= 0.3 is 0 Å². The maximum absolute atomic E-state index is 4.66. The number of anilines is 1. The van der Waals surface area contributed by atoms with Crippen molar-refractivity contribution in [2.24, 2.45) is 0 Å². The maximum atomic E-state index is 4.66. The molecule has 0 saturated heterocycles. The van der Waals surface area contributed by atoms with Gasteiger partial charge in [-0.1, -0.05) is 73.9 Å². The standard InChI is InChI=1S/C30H31N3S/c1-23-17-18-27(20-32-23)21-33(29-16-10-11-19-31-29)24(2)30(28-14-8-5-9-15-28)25(3)34-22-26-12-6-4-7-13-26/h5-6,8-20,30H,2-4,7,21-22H2,1H3. The zero-order valence-corrected chi connectivity index (χ0v) is 20.5. The zero-order valence-electron chi connectivity index (χ0n) is 19.7. The summed E-state index contributed by atoms with van der Waals surface area (Å²) in [4.78, 5) is 12.4. The van der Waals surface area contributed by atoms with E-state index in [4.69, 9.17) is 0 Å². The lowest BCUT2D eigenvalue weighted by atomic mass is 9.95. The van der Waals surface area contributed by atoms with Crippen molar-refractivity contribution >= 4 is 17.6 Å². The van der Waals surface area contributed by atoms with Gasteiger partial charge in [-0.2, -0.15) is 0 Å². The molecular formula is C30H31N3S. The minimum atomic E-state index is -0.0419. The minimum Gasteiger partial charge on any atom is -0.325 e. The summed E-state index contributed by atoms with van der Waals surface area (Å²) in [6, 6.07) is 20.7. The van der Waals surface area contributed by atoms with Gasteiger partial charge in [0.25, 0.3) is 0 Å². The fourth-order valence-electron chi connectivity index (χ4n) is 4.02. The molecule has 0 fully saturated rings. The summed E-state index contributed by atoms with van der Waals surface area (Å²) >= 11 is 1.80. The molecule has 0 amide bonds. The van der Waals surface area contributed by atoms with Crippen molar-refractivity contribution in [1.29, 1.82) is 0 Å². The number of nitrogens with zero attached hydrogens (tertiary/aromatic N) is 3. The predicted molar refractivity (Wildman–Crippen MR) is 146 cm³/mol. The molecule has 3 nitrogen and oxygen atoms in total. The van der Waals surface area contributed by atoms with Crippen LogP contribution in [0.2, 0.25) is 0 Å². The van der Waals surface area contributed by atoms with E-state index in [1.54, 1.807) is 11.8 Å². The molecule has 0 saturated carbocycles. The van der Waals surface area contributed by atoms with Crippen LogP contribution in [0.5, 0.6) is 0 Å². The number of hydrogen-bond acceptors (Lipinski definition) is 4. The van der Waals surface area contributed by atoms with Crippen LogP contribution < -0.4 is 4.90 Å². The summed E-state index contributed by atoms with van der Waals surface area (Å²) in [7, 11) is 0. The molecule has 3 aromatic rings. The summed E-state index contributed by atoms with van der Waals surface area (Å²) in [5, 5.41) is 0. The third-order valence-corrected chi connectivity index (χ3v) is 6.95. The summed E-state index contributed by atoms with van der Waals surface area (Å²) in [5.74, 6) is 1.74. The quantitative estimate of drug-likeness (QED) is 0.308. The van der Waals surface area contributed by atoms with E-state index in [-0.39, 0.29) is 5.92 Å². The van der Waals surface area contributed by atoms with Crippen molar-refractivity contribution in [3.8, 4) is 0 Å². The average Bonchev–Trinajstić information content (AvgIpc) is 2.89. The van der Waals surface area contributed by atoms with Crippen LogP contribution in [0.3, 0.4) is 0 Å². The van der Waals surface area contributed by atoms with Gasteiger partial charge in [0, 0.05) is 29.5 Å². The normalized spacial score (nSPS) is 13.7. The van der Waals surface area contributed by atoms with Gasteiger partial charge in [0.15, 0.2) is 0 Å². The first kappa shape index (κ1) is 23.8. The van der Waals surface area contributed by atoms with E-state index in [2.05, 4.69) is 76.6 Å². The second kappa shape index (κ2) is 11.7. The van der Waals surface area contributed by atoms with Gasteiger partial charge in [-0.15, -0.1) is 11.8 Å². The summed E-state index contributed by atoms with van der Waals surface area (Å²) in [5.41, 5.74) is 5.62. The first-order valence-electron chi connectivity index (χ1n) is 11.6. The van der Waals surface area contributed by atoms with Crippen LogP contribution >= 0.6 is 11.8 Å². The van der Waals surface area contributed by atoms with Gasteiger partial charge in [0.2, 0.25) is 0 Å². The molecule has 0 bridgehead atoms. The topological polar surface area (TPSA) is 29.0 Å². The lowest BCUT2D eigenvalue weighted by Crippen LogP contribution is -2.27. The Labute approximate surface area is 207 Å². The second-order valence-electron chi connectivity index (χ2n) is 8.43. The van der Waals surface area contributed by atoms with Crippen molar-refractivity contribution < 1.29 is 0 Å². The number of rotatable bonds is 10. The molecule has 1 aromatic carbocycles. The first-order valence-corrected chi connectivity index (χ1v) is 12.6. The Morgan fingerprint density at radius 1 is 1.00 bits per heavy atom. The molecule has 1 unspecified atom stereocenters. The Morgan fingerprint density at radius 2 is 1.82 bits per heavy atom. The van der Waals surface area contributed by atoms with Crippen molar-refractivity contribution in [2.45, 2.75) is 32.2 Å². The molecule has 0 aliphatic heterocycles. The highest BCUT2D eigenvalue weighted by Crippen LogP contribution is 2.40. The molecule has 1 aliphatic carbocycles. The number of thioether (sulfide) groups is 1. The van der Waals surface area contributed by atoms with E-state index >= 15 is 0 Å². The number of benzene rings is 1. The fraction of sp³-hybridized carbons (Fsp3) is 0.200. The van der Waals surface area contributed by atoms with Gasteiger partial charge in [0.05, 0.1) is 12.5 Å². The number of pyridine rings is 2. The van der Waals surface area contributed by atoms with E-state index in [1.807, 2.05) is 49.6 Å². The zero-order chi connectivity index (χ0) is 23.8. The lowest BCUT2D eigenvalue weighted by molar-refractivity contribution is 0.812. The van der Waals surface area contributed by atoms with Crippen LogP contribution in [0.25, 0.3) is 0 Å². The molecule has 4 heteroatoms. The summed E-state index contributed by atoms with van der Waals surface area (Å²) in [6.07, 6.45) is 12.8. The Kier molecular flexibility index (Phi) is 8.16. The van der Waals surface area contributed by atoms with Crippen molar-refractivity contribution in [3.05, 3.63) is 137 Å². The number of hydrogen-bond donors (Lipinski definition) is 0. The van der Waals surface area contributed by atoms with Crippen LogP contribution in [0.15, 0.2) is 121 Å². The van der Waals surface area contributed by atoms with Gasteiger partial charge in [-0.3, -0.25) is 4.98 Å². The van der Waals surface area contributed by atoms with E-state index in [0.717, 1.165) is 46.3 Å². The fourth-order valence-corrected chi connectivity index (χ4v) is 5.02. The lowest BCUT2D eigenvalue weighted by Gasteiger charge is -2.32. The number of aryl methyl sites for hydroxylation is 1. The van der Waals surface area contributed by atoms with Crippen LogP contribution in [-0.4, -0.2) is 15.7 Å². The summed E-state index contributed by atoms with van der Waals surface area (Å²) < 4.78 is 0. The highest BCUT2D eigenvalue weighted by atomic mass is 32.2. The molecule has 2 heterocycles. The molecule has 172 valence electrons. The van der Waals surface area contributed by atoms with Gasteiger partial charge in [-0.05, 0) is 59.6 Å². The number of aromatic nitrogens is 2. The van der Waals surface area contributed by atoms with Crippen LogP contribution in [0.1, 0.15) is 35.6 Å². The molecule has 2 aromatic heterocycles. The molecule has 0 radical (unpaired) electrons. The minimum absolute atomic E-state index is 0.0419. The largest absolute Gasteiger partial charge is 0.325 e. The molecule has 4 rings (SSSR count).